The number of ketones is 1. The molecule has 10 rings (SSSR count). The number of carbonyl (C=O) groups excluding carboxylic acids is 3. The van der Waals surface area contributed by atoms with Crippen LogP contribution in [0.4, 0.5) is 0 Å². The van der Waals surface area contributed by atoms with Gasteiger partial charge < -0.3 is 33.8 Å². The van der Waals surface area contributed by atoms with Gasteiger partial charge in [0.25, 0.3) is 0 Å². The summed E-state index contributed by atoms with van der Waals surface area (Å²) >= 11 is 0. The molecule has 15 atom stereocenters. The van der Waals surface area contributed by atoms with E-state index in [1.54, 1.807) is 6.26 Å². The van der Waals surface area contributed by atoms with Crippen molar-refractivity contribution in [3.8, 4) is 0 Å². The maximum Gasteiger partial charge on any atom is 0.339 e. The first-order valence-corrected chi connectivity index (χ1v) is 19.0. The summed E-state index contributed by atoms with van der Waals surface area (Å²) in [4.78, 5) is 42.0. The number of cyclic esters (lactones) is 2. The van der Waals surface area contributed by atoms with Gasteiger partial charge in [0.15, 0.2) is 11.9 Å². The van der Waals surface area contributed by atoms with Crippen LogP contribution in [0.2, 0.25) is 0 Å². The molecule has 11 nitrogen and oxygen atoms in total. The number of allylic oxidation sites excluding steroid dienone is 1. The van der Waals surface area contributed by atoms with Gasteiger partial charge in [-0.15, -0.1) is 0 Å². The molecular weight excluding hydrogens is 640 g/mol. The smallest absolute Gasteiger partial charge is 0.339 e. The van der Waals surface area contributed by atoms with Crippen molar-refractivity contribution in [2.75, 3.05) is 19.8 Å². The van der Waals surface area contributed by atoms with Crippen molar-refractivity contribution in [3.05, 3.63) is 35.8 Å². The highest BCUT2D eigenvalue weighted by Gasteiger charge is 2.92. The summed E-state index contributed by atoms with van der Waals surface area (Å²) in [7, 11) is 0. The number of nitrogens with one attached hydrogen (secondary N) is 2. The molecule has 9 aliphatic rings. The van der Waals surface area contributed by atoms with Gasteiger partial charge in [-0.2, -0.15) is 0 Å². The zero-order valence-corrected chi connectivity index (χ0v) is 29.4. The number of epoxide rings is 1. The zero-order valence-electron chi connectivity index (χ0n) is 29.4. The summed E-state index contributed by atoms with van der Waals surface area (Å²) in [5, 5.41) is 19.4. The minimum Gasteiger partial charge on any atom is -0.469 e. The molecule has 3 saturated carbocycles. The standard InChI is InChI=1S/C39H50N2O9/c1-35(2)28-26(42)29(43)37(4)27-21(10-11-23-31(49-35)38(27,28)17-47-33(23)44)15-36(3)30(48-34(45)32-39(36,37)50-32)22-13-14-46-25(22)12-7-19-5-8-20(9-6-19)24-16-40-18-41-24/h5,8,13-14,19-21,23-24,27-32,40-41,43H,6-7,9-12,15-18H2,1-4H3. The summed E-state index contributed by atoms with van der Waals surface area (Å²) in [6.45, 7) is 9.86. The molecule has 5 aliphatic heterocycles. The number of carbonyl (C=O) groups is 3. The number of Topliss-reactive ketones (excluding diaryl/α,β-unsaturated/α-hetero) is 1. The number of rotatable bonds is 5. The fourth-order valence-corrected chi connectivity index (χ4v) is 13.9. The highest BCUT2D eigenvalue weighted by molar-refractivity contribution is 5.92. The summed E-state index contributed by atoms with van der Waals surface area (Å²) in [5.41, 5.74) is -3.96. The van der Waals surface area contributed by atoms with E-state index in [0.717, 1.165) is 43.8 Å². The molecule has 1 aromatic rings. The van der Waals surface area contributed by atoms with Crippen LogP contribution in [-0.4, -0.2) is 78.2 Å². The number of hydrogen-bond acceptors (Lipinski definition) is 11. The van der Waals surface area contributed by atoms with Gasteiger partial charge in [0.05, 0.1) is 29.8 Å². The minimum absolute atomic E-state index is 0.00440. The Kier molecular flexibility index (Phi) is 6.62. The topological polar surface area (TPSA) is 149 Å². The van der Waals surface area contributed by atoms with E-state index in [-0.39, 0.29) is 30.2 Å². The molecule has 3 N–H and O–H groups in total. The third kappa shape index (κ3) is 3.71. The van der Waals surface area contributed by atoms with E-state index in [0.29, 0.717) is 43.6 Å². The molecule has 5 saturated heterocycles. The van der Waals surface area contributed by atoms with Crippen molar-refractivity contribution in [3.63, 3.8) is 0 Å². The minimum atomic E-state index is -1.39. The molecule has 1 aromatic heterocycles. The average Bonchev–Trinajstić information content (AvgIpc) is 3.34. The van der Waals surface area contributed by atoms with E-state index in [1.165, 1.54) is 0 Å². The Morgan fingerprint density at radius 3 is 2.58 bits per heavy atom. The largest absolute Gasteiger partial charge is 0.469 e. The monoisotopic (exact) mass is 690 g/mol. The van der Waals surface area contributed by atoms with Gasteiger partial charge in [-0.05, 0) is 82.1 Å². The Labute approximate surface area is 292 Å². The van der Waals surface area contributed by atoms with Crippen LogP contribution in [-0.2, 0) is 39.8 Å². The second kappa shape index (κ2) is 10.3. The third-order valence-electron chi connectivity index (χ3n) is 15.6. The molecule has 4 aliphatic carbocycles. The first-order chi connectivity index (χ1) is 23.9. The Morgan fingerprint density at radius 1 is 0.980 bits per heavy atom. The summed E-state index contributed by atoms with van der Waals surface area (Å²) in [6, 6.07) is 2.42. The van der Waals surface area contributed by atoms with Gasteiger partial charge in [0, 0.05) is 47.5 Å². The van der Waals surface area contributed by atoms with Gasteiger partial charge in [-0.3, -0.25) is 14.9 Å². The van der Waals surface area contributed by atoms with Crippen molar-refractivity contribution >= 4 is 17.7 Å². The SMILES string of the molecule is CC1(C)OC2C3CCC4CC5(C)C(c6ccoc6CCC6C=CC(C7CNCN7)CC6)OC(=O)C6OC65C5(C)C(O)C(=O)C1C2(COC3=O)C45. The van der Waals surface area contributed by atoms with Crippen molar-refractivity contribution in [1.82, 2.24) is 10.6 Å². The number of ether oxygens (including phenoxy) is 4. The van der Waals surface area contributed by atoms with Crippen LogP contribution < -0.4 is 10.6 Å². The van der Waals surface area contributed by atoms with Gasteiger partial charge in [0.2, 0.25) is 0 Å². The van der Waals surface area contributed by atoms with Crippen LogP contribution in [0.15, 0.2) is 28.9 Å². The lowest BCUT2D eigenvalue weighted by atomic mass is 9.34. The maximum absolute atomic E-state index is 14.7. The van der Waals surface area contributed by atoms with Crippen LogP contribution in [0.5, 0.6) is 0 Å². The number of aliphatic hydroxyl groups excluding tert-OH is 1. The van der Waals surface area contributed by atoms with Gasteiger partial charge >= 0.3 is 11.9 Å². The average molecular weight is 691 g/mol. The van der Waals surface area contributed by atoms with Crippen LogP contribution in [0, 0.1) is 51.8 Å². The fourth-order valence-electron chi connectivity index (χ4n) is 13.9. The highest BCUT2D eigenvalue weighted by atomic mass is 16.7. The molecule has 270 valence electrons. The van der Waals surface area contributed by atoms with E-state index >= 15 is 0 Å². The van der Waals surface area contributed by atoms with E-state index in [1.807, 2.05) is 26.8 Å². The Morgan fingerprint density at radius 2 is 1.82 bits per heavy atom. The number of esters is 2. The number of furan rings is 1. The van der Waals surface area contributed by atoms with Crippen LogP contribution in [0.3, 0.4) is 0 Å². The van der Waals surface area contributed by atoms with Crippen molar-refractivity contribution in [1.29, 1.82) is 0 Å². The van der Waals surface area contributed by atoms with Gasteiger partial charge in [0.1, 0.15) is 30.2 Å². The summed E-state index contributed by atoms with van der Waals surface area (Å²) in [6.07, 6.45) is 8.79. The number of hydrogen-bond donors (Lipinski definition) is 3. The Bertz CT molecular complexity index is 1680. The lowest BCUT2D eigenvalue weighted by Crippen LogP contribution is -2.77. The second-order valence-corrected chi connectivity index (χ2v) is 18.1. The molecule has 11 heteroatoms. The number of aliphatic hydroxyl groups is 1. The molecule has 2 bridgehead atoms. The highest BCUT2D eigenvalue weighted by Crippen LogP contribution is 2.82. The van der Waals surface area contributed by atoms with E-state index < -0.39 is 69.7 Å². The Hall–Kier alpha value is -2.57. The quantitative estimate of drug-likeness (QED) is 0.237. The van der Waals surface area contributed by atoms with Crippen molar-refractivity contribution in [2.24, 2.45) is 51.8 Å². The predicted molar refractivity (Wildman–Crippen MR) is 176 cm³/mol. The van der Waals surface area contributed by atoms with Crippen molar-refractivity contribution in [2.45, 2.75) is 114 Å². The van der Waals surface area contributed by atoms with E-state index in [4.69, 9.17) is 23.4 Å². The fraction of sp³-hybridized carbons (Fsp3) is 0.769. The molecule has 0 radical (unpaired) electrons. The molecule has 8 fully saturated rings. The summed E-state index contributed by atoms with van der Waals surface area (Å²) < 4.78 is 31.9. The predicted octanol–water partition coefficient (Wildman–Crippen LogP) is 3.39. The van der Waals surface area contributed by atoms with E-state index in [2.05, 4.69) is 29.7 Å². The molecule has 0 amide bonds. The first-order valence-electron chi connectivity index (χ1n) is 19.0. The molecule has 15 unspecified atom stereocenters. The lowest BCUT2D eigenvalue weighted by Gasteiger charge is -2.68. The maximum atomic E-state index is 14.7. The molecule has 50 heavy (non-hydrogen) atoms. The Balaban J connectivity index is 1.02. The number of aryl methyl sites for hydroxylation is 1. The zero-order chi connectivity index (χ0) is 34.6. The molecule has 0 aromatic carbocycles. The second-order valence-electron chi connectivity index (χ2n) is 18.1. The molecule has 2 spiro atoms. The van der Waals surface area contributed by atoms with Gasteiger partial charge in [-0.1, -0.05) is 26.0 Å². The van der Waals surface area contributed by atoms with Crippen LogP contribution in [0.1, 0.15) is 83.6 Å². The lowest BCUT2D eigenvalue weighted by molar-refractivity contribution is -0.266. The van der Waals surface area contributed by atoms with Gasteiger partial charge in [-0.25, -0.2) is 4.79 Å². The molecule has 6 heterocycles. The first kappa shape index (κ1) is 32.1. The van der Waals surface area contributed by atoms with Crippen LogP contribution in [0.25, 0.3) is 0 Å². The van der Waals surface area contributed by atoms with E-state index in [9.17, 15) is 19.5 Å². The summed E-state index contributed by atoms with van der Waals surface area (Å²) in [5.74, 6) is -0.646. The normalized spacial score (nSPS) is 52.3. The van der Waals surface area contributed by atoms with Crippen molar-refractivity contribution < 1.29 is 42.9 Å². The third-order valence-corrected chi connectivity index (χ3v) is 15.6. The van der Waals surface area contributed by atoms with Crippen LogP contribution >= 0.6 is 0 Å². The molecular formula is C39H50N2O9.